The second-order valence-electron chi connectivity index (χ2n) is 5.44. The van der Waals surface area contributed by atoms with Crippen LogP contribution in [0.4, 0.5) is 0 Å². The second kappa shape index (κ2) is 8.72. The molecule has 0 radical (unpaired) electrons. The highest BCUT2D eigenvalue weighted by atomic mass is 35.5. The quantitative estimate of drug-likeness (QED) is 0.718. The van der Waals surface area contributed by atoms with Gasteiger partial charge in [0.1, 0.15) is 5.75 Å². The van der Waals surface area contributed by atoms with E-state index in [9.17, 15) is 4.79 Å². The Labute approximate surface area is 151 Å². The first-order valence-corrected chi connectivity index (χ1v) is 8.66. The lowest BCUT2D eigenvalue weighted by molar-refractivity contribution is 0.184. The van der Waals surface area contributed by atoms with Crippen molar-refractivity contribution in [3.63, 3.8) is 0 Å². The fourth-order valence-electron chi connectivity index (χ4n) is 2.56. The zero-order valence-electron chi connectivity index (χ0n) is 13.9. The average Bonchev–Trinajstić information content (AvgIpc) is 2.57. The Morgan fingerprint density at radius 3 is 2.42 bits per heavy atom. The molecule has 0 bridgehead atoms. The fourth-order valence-corrected chi connectivity index (χ4v) is 2.89. The predicted octanol–water partition coefficient (Wildman–Crippen LogP) is 3.59. The smallest absolute Gasteiger partial charge is 0.259 e. The van der Waals surface area contributed by atoms with Gasteiger partial charge >= 0.3 is 0 Å². The number of nitrogens with two attached hydrogens (primary N) is 1. The van der Waals surface area contributed by atoms with Crippen molar-refractivity contribution in [1.82, 2.24) is 4.57 Å². The maximum Gasteiger partial charge on any atom is 0.259 e. The van der Waals surface area contributed by atoms with Crippen LogP contribution in [0, 0.1) is 0 Å². The van der Waals surface area contributed by atoms with E-state index in [1.54, 1.807) is 23.8 Å². The number of nitrogens with zero attached hydrogens (tertiary/aromatic N) is 1. The third-order valence-electron chi connectivity index (χ3n) is 3.83. The molecule has 0 aliphatic rings. The van der Waals surface area contributed by atoms with E-state index in [0.717, 1.165) is 12.8 Å². The van der Waals surface area contributed by atoms with Gasteiger partial charge in [-0.15, -0.1) is 0 Å². The number of pyridine rings is 1. The summed E-state index contributed by atoms with van der Waals surface area (Å²) in [6.07, 6.45) is 1.91. The van der Waals surface area contributed by atoms with Gasteiger partial charge in [-0.05, 0) is 18.6 Å². The first-order valence-electron chi connectivity index (χ1n) is 7.91. The van der Waals surface area contributed by atoms with E-state index in [1.807, 2.05) is 0 Å². The first kappa shape index (κ1) is 19.1. The highest BCUT2D eigenvalue weighted by molar-refractivity contribution is 6.42. The van der Waals surface area contributed by atoms with E-state index < -0.39 is 0 Å². The number of halogens is 2. The Hall–Kier alpha value is -1.27. The minimum Gasteiger partial charge on any atom is -0.491 e. The normalized spacial score (nSPS) is 11.2. The maximum absolute atomic E-state index is 12.9. The first-order chi connectivity index (χ1) is 11.5. The number of ether oxygens (including phenoxy) is 2. The molecule has 0 atom stereocenters. The molecule has 0 aliphatic heterocycles. The summed E-state index contributed by atoms with van der Waals surface area (Å²) in [4.78, 5) is 12.9. The van der Waals surface area contributed by atoms with Crippen LogP contribution in [0.15, 0.2) is 16.9 Å². The molecule has 1 aromatic carbocycles. The lowest BCUT2D eigenvalue weighted by atomic mass is 10.1. The van der Waals surface area contributed by atoms with Crippen molar-refractivity contribution in [2.45, 2.75) is 32.9 Å². The fraction of sp³-hybridized carbons (Fsp3) is 0.471. The summed E-state index contributed by atoms with van der Waals surface area (Å²) in [6, 6.07) is 3.25. The van der Waals surface area contributed by atoms with Crippen molar-refractivity contribution in [3.8, 4) is 5.75 Å². The van der Waals surface area contributed by atoms with Crippen LogP contribution in [0.1, 0.15) is 25.5 Å². The number of rotatable bonds is 8. The van der Waals surface area contributed by atoms with Crippen molar-refractivity contribution < 1.29 is 9.47 Å². The topological polar surface area (TPSA) is 66.5 Å². The maximum atomic E-state index is 12.9. The Morgan fingerprint density at radius 2 is 1.83 bits per heavy atom. The van der Waals surface area contributed by atoms with Crippen molar-refractivity contribution in [2.75, 3.05) is 20.3 Å². The van der Waals surface area contributed by atoms with Gasteiger partial charge in [-0.3, -0.25) is 4.79 Å². The predicted molar refractivity (Wildman–Crippen MR) is 98.4 cm³/mol. The van der Waals surface area contributed by atoms with Crippen LogP contribution in [-0.2, 0) is 17.8 Å². The van der Waals surface area contributed by atoms with E-state index in [-0.39, 0.29) is 12.1 Å². The third-order valence-corrected chi connectivity index (χ3v) is 4.55. The van der Waals surface area contributed by atoms with Crippen molar-refractivity contribution >= 4 is 34.0 Å². The molecule has 0 unspecified atom stereocenters. The van der Waals surface area contributed by atoms with E-state index in [1.165, 1.54) is 0 Å². The van der Waals surface area contributed by atoms with Gasteiger partial charge in [0, 0.05) is 25.6 Å². The molecule has 0 saturated heterocycles. The molecule has 0 saturated carbocycles. The highest BCUT2D eigenvalue weighted by Crippen LogP contribution is 2.34. The summed E-state index contributed by atoms with van der Waals surface area (Å²) >= 11 is 12.2. The molecule has 1 heterocycles. The van der Waals surface area contributed by atoms with E-state index >= 15 is 0 Å². The van der Waals surface area contributed by atoms with Crippen molar-refractivity contribution in [2.24, 2.45) is 5.73 Å². The number of benzene rings is 1. The molecule has 0 spiro atoms. The number of hydrogen-bond acceptors (Lipinski definition) is 4. The molecule has 2 N–H and O–H groups in total. The van der Waals surface area contributed by atoms with Gasteiger partial charge in [0.25, 0.3) is 5.56 Å². The highest BCUT2D eigenvalue weighted by Gasteiger charge is 2.18. The molecule has 0 aliphatic carbocycles. The SMILES string of the molecule is CCCCOc1c(CN)n(CCOC)c(=O)c2cc(Cl)c(Cl)cc12. The van der Waals surface area contributed by atoms with Gasteiger partial charge in [0.2, 0.25) is 0 Å². The molecule has 0 amide bonds. The lowest BCUT2D eigenvalue weighted by Gasteiger charge is -2.19. The van der Waals surface area contributed by atoms with Crippen LogP contribution in [0.3, 0.4) is 0 Å². The summed E-state index contributed by atoms with van der Waals surface area (Å²) in [5.41, 5.74) is 6.38. The summed E-state index contributed by atoms with van der Waals surface area (Å²) < 4.78 is 12.7. The molecule has 7 heteroatoms. The van der Waals surface area contributed by atoms with Crippen molar-refractivity contribution in [1.29, 1.82) is 0 Å². The number of methoxy groups -OCH3 is 1. The third kappa shape index (κ3) is 3.86. The van der Waals surface area contributed by atoms with Gasteiger partial charge in [0.15, 0.2) is 0 Å². The van der Waals surface area contributed by atoms with Gasteiger partial charge in [-0.1, -0.05) is 36.5 Å². The van der Waals surface area contributed by atoms with Gasteiger partial charge in [-0.25, -0.2) is 0 Å². The summed E-state index contributed by atoms with van der Waals surface area (Å²) in [7, 11) is 1.59. The van der Waals surface area contributed by atoms with Crippen LogP contribution in [0.25, 0.3) is 10.8 Å². The molecule has 24 heavy (non-hydrogen) atoms. The van der Waals surface area contributed by atoms with Gasteiger partial charge < -0.3 is 19.8 Å². The Bertz CT molecular complexity index is 775. The average molecular weight is 373 g/mol. The van der Waals surface area contributed by atoms with Crippen molar-refractivity contribution in [3.05, 3.63) is 38.2 Å². The van der Waals surface area contributed by atoms with Crippen LogP contribution in [0.5, 0.6) is 5.75 Å². The second-order valence-corrected chi connectivity index (χ2v) is 6.26. The monoisotopic (exact) mass is 372 g/mol. The number of unbranched alkanes of at least 4 members (excludes halogenated alkanes) is 1. The standard InChI is InChI=1S/C17H22Cl2N2O3/c1-3-4-6-24-16-11-8-13(18)14(19)9-12(11)17(22)21(5-7-23-2)15(16)10-20/h8-9H,3-7,10,20H2,1-2H3. The zero-order valence-corrected chi connectivity index (χ0v) is 15.4. The minimum absolute atomic E-state index is 0.177. The Kier molecular flexibility index (Phi) is 6.92. The van der Waals surface area contributed by atoms with Crippen LogP contribution in [0.2, 0.25) is 10.0 Å². The summed E-state index contributed by atoms with van der Waals surface area (Å²) in [5, 5.41) is 1.81. The largest absolute Gasteiger partial charge is 0.491 e. The minimum atomic E-state index is -0.177. The summed E-state index contributed by atoms with van der Waals surface area (Å²) in [6.45, 7) is 3.59. The zero-order chi connectivity index (χ0) is 17.7. The van der Waals surface area contributed by atoms with E-state index in [2.05, 4.69) is 6.92 Å². The molecular weight excluding hydrogens is 351 g/mol. The molecule has 1 aromatic heterocycles. The lowest BCUT2D eigenvalue weighted by Crippen LogP contribution is -2.28. The number of hydrogen-bond donors (Lipinski definition) is 1. The van der Waals surface area contributed by atoms with E-state index in [4.69, 9.17) is 38.4 Å². The van der Waals surface area contributed by atoms with E-state index in [0.29, 0.717) is 52.0 Å². The molecule has 5 nitrogen and oxygen atoms in total. The molecule has 132 valence electrons. The molecular formula is C17H22Cl2N2O3. The van der Waals surface area contributed by atoms with Gasteiger partial charge in [0.05, 0.1) is 34.3 Å². The molecule has 0 fully saturated rings. The van der Waals surface area contributed by atoms with Crippen LogP contribution in [-0.4, -0.2) is 24.9 Å². The Balaban J connectivity index is 2.73. The summed E-state index contributed by atoms with van der Waals surface area (Å²) in [5.74, 6) is 0.593. The molecule has 2 aromatic rings. The Morgan fingerprint density at radius 1 is 1.17 bits per heavy atom. The molecule has 2 rings (SSSR count). The van der Waals surface area contributed by atoms with Crippen LogP contribution < -0.4 is 16.0 Å². The number of fused-ring (bicyclic) bond motifs is 1. The number of aromatic nitrogens is 1. The van der Waals surface area contributed by atoms with Gasteiger partial charge in [-0.2, -0.15) is 0 Å². The van der Waals surface area contributed by atoms with Crippen LogP contribution >= 0.6 is 23.2 Å².